The van der Waals surface area contributed by atoms with Crippen LogP contribution >= 0.6 is 11.6 Å². The molecule has 22 heavy (non-hydrogen) atoms. The Kier molecular flexibility index (Phi) is 5.46. The van der Waals surface area contributed by atoms with Crippen LogP contribution in [-0.2, 0) is 0 Å². The van der Waals surface area contributed by atoms with Crippen LogP contribution in [0.3, 0.4) is 0 Å². The zero-order valence-electron chi connectivity index (χ0n) is 12.5. The number of halogens is 1. The molecule has 0 aliphatic heterocycles. The lowest BCUT2D eigenvalue weighted by Gasteiger charge is -2.07. The smallest absolute Gasteiger partial charge is 0.319 e. The van der Waals surface area contributed by atoms with Gasteiger partial charge in [-0.1, -0.05) is 35.6 Å². The van der Waals surface area contributed by atoms with Gasteiger partial charge in [-0.25, -0.2) is 4.79 Å². The second kappa shape index (κ2) is 7.53. The molecule has 0 spiro atoms. The Morgan fingerprint density at radius 3 is 2.68 bits per heavy atom. The summed E-state index contributed by atoms with van der Waals surface area (Å²) in [5.41, 5.74) is 3.92. The van der Waals surface area contributed by atoms with Crippen molar-refractivity contribution in [2.75, 3.05) is 11.9 Å². The van der Waals surface area contributed by atoms with Crippen LogP contribution in [0.25, 0.3) is 0 Å². The molecule has 0 aromatic heterocycles. The molecule has 0 unspecified atom stereocenters. The molecule has 2 aromatic rings. The van der Waals surface area contributed by atoms with E-state index in [0.717, 1.165) is 16.8 Å². The van der Waals surface area contributed by atoms with Crippen molar-refractivity contribution in [3.05, 3.63) is 64.2 Å². The minimum Gasteiger partial charge on any atom is -0.327 e. The van der Waals surface area contributed by atoms with Gasteiger partial charge >= 0.3 is 6.03 Å². The van der Waals surface area contributed by atoms with E-state index < -0.39 is 0 Å². The normalized spacial score (nSPS) is 9.59. The van der Waals surface area contributed by atoms with E-state index in [1.54, 1.807) is 12.1 Å². The van der Waals surface area contributed by atoms with Crippen LogP contribution in [0.15, 0.2) is 42.5 Å². The van der Waals surface area contributed by atoms with Gasteiger partial charge in [0, 0.05) is 16.3 Å². The second-order valence-electron chi connectivity index (χ2n) is 4.92. The summed E-state index contributed by atoms with van der Waals surface area (Å²) in [5.74, 6) is 5.83. The number of urea groups is 1. The Morgan fingerprint density at radius 2 is 1.95 bits per heavy atom. The summed E-state index contributed by atoms with van der Waals surface area (Å²) in [7, 11) is 0. The Hall–Kier alpha value is -2.44. The topological polar surface area (TPSA) is 41.1 Å². The molecule has 2 amide bonds. The van der Waals surface area contributed by atoms with Crippen molar-refractivity contribution in [2.45, 2.75) is 13.8 Å². The lowest BCUT2D eigenvalue weighted by Crippen LogP contribution is -2.28. The van der Waals surface area contributed by atoms with Crippen LogP contribution in [0, 0.1) is 25.7 Å². The summed E-state index contributed by atoms with van der Waals surface area (Å²) in [6, 6.07) is 12.8. The lowest BCUT2D eigenvalue weighted by atomic mass is 10.1. The summed E-state index contributed by atoms with van der Waals surface area (Å²) in [4.78, 5) is 11.8. The zero-order valence-corrected chi connectivity index (χ0v) is 13.3. The number of nitrogens with one attached hydrogen (secondary N) is 2. The van der Waals surface area contributed by atoms with Crippen molar-refractivity contribution in [1.29, 1.82) is 0 Å². The Bertz CT molecular complexity index is 744. The van der Waals surface area contributed by atoms with Crippen LogP contribution < -0.4 is 10.6 Å². The standard InChI is InChI=1S/C18H17ClN2O/c1-13-8-9-17(11-14(13)2)21-18(22)20-10-4-6-15-5-3-7-16(19)12-15/h3,5,7-9,11-12H,10H2,1-2H3,(H2,20,21,22). The fourth-order valence-corrected chi connectivity index (χ4v) is 2.02. The molecule has 0 heterocycles. The average molecular weight is 313 g/mol. The second-order valence-corrected chi connectivity index (χ2v) is 5.36. The fourth-order valence-electron chi connectivity index (χ4n) is 1.83. The van der Waals surface area contributed by atoms with E-state index in [9.17, 15) is 4.79 Å². The predicted molar refractivity (Wildman–Crippen MR) is 91.3 cm³/mol. The molecule has 0 saturated heterocycles. The number of aryl methyl sites for hydroxylation is 2. The molecule has 4 heteroatoms. The highest BCUT2D eigenvalue weighted by Gasteiger charge is 2.01. The van der Waals surface area contributed by atoms with Crippen LogP contribution in [0.4, 0.5) is 10.5 Å². The molecular weight excluding hydrogens is 296 g/mol. The van der Waals surface area contributed by atoms with E-state index in [-0.39, 0.29) is 12.6 Å². The van der Waals surface area contributed by atoms with Crippen molar-refractivity contribution < 1.29 is 4.79 Å². The van der Waals surface area contributed by atoms with Crippen molar-refractivity contribution in [3.8, 4) is 11.8 Å². The Morgan fingerprint density at radius 1 is 1.14 bits per heavy atom. The van der Waals surface area contributed by atoms with Gasteiger partial charge in [0.1, 0.15) is 0 Å². The maximum absolute atomic E-state index is 11.8. The molecule has 0 bridgehead atoms. The van der Waals surface area contributed by atoms with Crippen LogP contribution in [0.5, 0.6) is 0 Å². The maximum Gasteiger partial charge on any atom is 0.319 e. The third-order valence-electron chi connectivity index (χ3n) is 3.16. The monoisotopic (exact) mass is 312 g/mol. The molecule has 0 saturated carbocycles. The van der Waals surface area contributed by atoms with E-state index in [1.165, 1.54) is 5.56 Å². The quantitative estimate of drug-likeness (QED) is 0.804. The van der Waals surface area contributed by atoms with E-state index in [2.05, 4.69) is 22.5 Å². The lowest BCUT2D eigenvalue weighted by molar-refractivity contribution is 0.253. The van der Waals surface area contributed by atoms with Gasteiger partial charge in [0.25, 0.3) is 0 Å². The summed E-state index contributed by atoms with van der Waals surface area (Å²) >= 11 is 5.87. The largest absolute Gasteiger partial charge is 0.327 e. The first-order valence-electron chi connectivity index (χ1n) is 6.91. The fraction of sp³-hybridized carbons (Fsp3) is 0.167. The van der Waals surface area contributed by atoms with E-state index >= 15 is 0 Å². The highest BCUT2D eigenvalue weighted by Crippen LogP contribution is 2.13. The Labute approximate surface area is 135 Å². The Balaban J connectivity index is 1.84. The highest BCUT2D eigenvalue weighted by molar-refractivity contribution is 6.30. The molecule has 0 aliphatic rings. The molecule has 0 aliphatic carbocycles. The first kappa shape index (κ1) is 15.9. The summed E-state index contributed by atoms with van der Waals surface area (Å²) in [6.45, 7) is 4.31. The third-order valence-corrected chi connectivity index (χ3v) is 3.39. The van der Waals surface area contributed by atoms with E-state index in [1.807, 2.05) is 44.2 Å². The third kappa shape index (κ3) is 4.83. The number of amides is 2. The van der Waals surface area contributed by atoms with Gasteiger partial charge in [-0.15, -0.1) is 0 Å². The van der Waals surface area contributed by atoms with Crippen LogP contribution in [0.2, 0.25) is 5.02 Å². The average Bonchev–Trinajstić information content (AvgIpc) is 2.48. The number of hydrogen-bond donors (Lipinski definition) is 2. The maximum atomic E-state index is 11.8. The van der Waals surface area contributed by atoms with Crippen molar-refractivity contribution in [3.63, 3.8) is 0 Å². The van der Waals surface area contributed by atoms with Gasteiger partial charge in [-0.2, -0.15) is 0 Å². The number of carbonyl (C=O) groups is 1. The summed E-state index contributed by atoms with van der Waals surface area (Å²) in [5, 5.41) is 6.12. The molecule has 3 nitrogen and oxygen atoms in total. The molecule has 2 N–H and O–H groups in total. The molecule has 0 radical (unpaired) electrons. The van der Waals surface area contributed by atoms with Gasteiger partial charge in [0.15, 0.2) is 0 Å². The van der Waals surface area contributed by atoms with Gasteiger partial charge in [-0.05, 0) is 55.3 Å². The predicted octanol–water partition coefficient (Wildman–Crippen LogP) is 4.13. The van der Waals surface area contributed by atoms with E-state index in [0.29, 0.717) is 5.02 Å². The molecule has 0 atom stereocenters. The number of rotatable bonds is 2. The zero-order chi connectivity index (χ0) is 15.9. The number of benzene rings is 2. The molecule has 112 valence electrons. The molecule has 2 aromatic carbocycles. The molecule has 0 fully saturated rings. The van der Waals surface area contributed by atoms with Crippen molar-refractivity contribution in [2.24, 2.45) is 0 Å². The van der Waals surface area contributed by atoms with Crippen LogP contribution in [-0.4, -0.2) is 12.6 Å². The molecule has 2 rings (SSSR count). The van der Waals surface area contributed by atoms with Crippen molar-refractivity contribution >= 4 is 23.3 Å². The first-order valence-corrected chi connectivity index (χ1v) is 7.29. The van der Waals surface area contributed by atoms with Crippen molar-refractivity contribution in [1.82, 2.24) is 5.32 Å². The van der Waals surface area contributed by atoms with Crippen LogP contribution in [0.1, 0.15) is 16.7 Å². The number of hydrogen-bond acceptors (Lipinski definition) is 1. The molecular formula is C18H17ClN2O. The van der Waals surface area contributed by atoms with Gasteiger partial charge in [-0.3, -0.25) is 0 Å². The number of anilines is 1. The minimum atomic E-state index is -0.274. The van der Waals surface area contributed by atoms with Gasteiger partial charge < -0.3 is 10.6 Å². The SMILES string of the molecule is Cc1ccc(NC(=O)NCC#Cc2cccc(Cl)c2)cc1C. The van der Waals surface area contributed by atoms with E-state index in [4.69, 9.17) is 11.6 Å². The highest BCUT2D eigenvalue weighted by atomic mass is 35.5. The van der Waals surface area contributed by atoms with Gasteiger partial charge in [0.05, 0.1) is 6.54 Å². The summed E-state index contributed by atoms with van der Waals surface area (Å²) < 4.78 is 0. The first-order chi connectivity index (χ1) is 10.5. The minimum absolute atomic E-state index is 0.267. The van der Waals surface area contributed by atoms with Gasteiger partial charge in [0.2, 0.25) is 0 Å². The summed E-state index contributed by atoms with van der Waals surface area (Å²) in [6.07, 6.45) is 0. The number of carbonyl (C=O) groups excluding carboxylic acids is 1.